The first-order valence-electron chi connectivity index (χ1n) is 7.27. The number of furan rings is 2. The van der Waals surface area contributed by atoms with E-state index in [-0.39, 0.29) is 5.41 Å². The number of hydrogen-bond acceptors (Lipinski definition) is 1. The van der Waals surface area contributed by atoms with Crippen molar-refractivity contribution in [3.63, 3.8) is 0 Å². The molecule has 0 aliphatic heterocycles. The summed E-state index contributed by atoms with van der Waals surface area (Å²) in [7, 11) is 0. The smallest absolute Gasteiger partial charge is 0.131 e. The SMILES string of the molecule is C=C(C)C(=C)CC1(c2cc3ccc2o3)CCCCC1. The van der Waals surface area contributed by atoms with Crippen LogP contribution >= 0.6 is 0 Å². The fourth-order valence-corrected chi connectivity index (χ4v) is 3.53. The topological polar surface area (TPSA) is 13.1 Å². The number of benzene rings is 1. The zero-order chi connectivity index (χ0) is 13.5. The van der Waals surface area contributed by atoms with Crippen molar-refractivity contribution in [3.05, 3.63) is 48.1 Å². The van der Waals surface area contributed by atoms with Crippen LogP contribution in [0, 0.1) is 0 Å². The summed E-state index contributed by atoms with van der Waals surface area (Å²) < 4.78 is 5.78. The zero-order valence-corrected chi connectivity index (χ0v) is 11.8. The second kappa shape index (κ2) is 4.56. The van der Waals surface area contributed by atoms with Crippen LogP contribution in [0.3, 0.4) is 0 Å². The number of allylic oxidation sites excluding steroid dienone is 2. The molecule has 19 heavy (non-hydrogen) atoms. The average Bonchev–Trinajstić information content (AvgIpc) is 3.02. The van der Waals surface area contributed by atoms with E-state index in [2.05, 4.69) is 38.3 Å². The van der Waals surface area contributed by atoms with E-state index in [0.29, 0.717) is 0 Å². The van der Waals surface area contributed by atoms with Crippen molar-refractivity contribution in [3.8, 4) is 0 Å². The summed E-state index contributed by atoms with van der Waals surface area (Å²) in [5, 5.41) is 0. The van der Waals surface area contributed by atoms with Crippen LogP contribution in [0.5, 0.6) is 0 Å². The van der Waals surface area contributed by atoms with Gasteiger partial charge in [-0.15, -0.1) is 0 Å². The summed E-state index contributed by atoms with van der Waals surface area (Å²) in [5.74, 6) is 0. The maximum atomic E-state index is 5.78. The maximum absolute atomic E-state index is 5.78. The van der Waals surface area contributed by atoms with E-state index < -0.39 is 0 Å². The molecule has 2 aromatic rings. The highest BCUT2D eigenvalue weighted by molar-refractivity contribution is 5.68. The predicted molar refractivity (Wildman–Crippen MR) is 80.7 cm³/mol. The first-order valence-corrected chi connectivity index (χ1v) is 7.27. The van der Waals surface area contributed by atoms with Crippen LogP contribution in [-0.4, -0.2) is 0 Å². The van der Waals surface area contributed by atoms with Crippen molar-refractivity contribution in [1.29, 1.82) is 0 Å². The van der Waals surface area contributed by atoms with Crippen LogP contribution in [-0.2, 0) is 5.41 Å². The van der Waals surface area contributed by atoms with E-state index in [0.717, 1.165) is 23.2 Å². The first kappa shape index (κ1) is 12.5. The van der Waals surface area contributed by atoms with Gasteiger partial charge in [-0.25, -0.2) is 0 Å². The van der Waals surface area contributed by atoms with Gasteiger partial charge in [-0.2, -0.15) is 0 Å². The van der Waals surface area contributed by atoms with Gasteiger partial charge in [-0.3, -0.25) is 0 Å². The molecular weight excluding hydrogens is 232 g/mol. The van der Waals surface area contributed by atoms with Gasteiger partial charge in [-0.05, 0) is 44.4 Å². The van der Waals surface area contributed by atoms with Gasteiger partial charge in [0.1, 0.15) is 11.2 Å². The Labute approximate surface area is 115 Å². The van der Waals surface area contributed by atoms with Gasteiger partial charge in [0, 0.05) is 11.0 Å². The standard InChI is InChI=1S/C18H22O/c1-13(2)14(3)12-18(9-5-4-6-10-18)16-11-15-7-8-17(16)19-15/h7-8,11H,1,3-6,9-10,12H2,2H3. The van der Waals surface area contributed by atoms with Crippen LogP contribution in [0.1, 0.15) is 51.0 Å². The quantitative estimate of drug-likeness (QED) is 0.648. The molecule has 0 unspecified atom stereocenters. The molecular formula is C18H22O. The first-order chi connectivity index (χ1) is 9.11. The molecule has 0 atom stereocenters. The van der Waals surface area contributed by atoms with Crippen molar-refractivity contribution in [2.45, 2.75) is 50.9 Å². The number of hydrogen-bond donors (Lipinski definition) is 0. The molecule has 0 aromatic carbocycles. The Balaban J connectivity index is 1.98. The molecule has 0 radical (unpaired) electrons. The molecule has 0 saturated heterocycles. The Morgan fingerprint density at radius 3 is 2.47 bits per heavy atom. The minimum absolute atomic E-state index is 0.232. The zero-order valence-electron chi connectivity index (χ0n) is 11.8. The Kier molecular flexibility index (Phi) is 3.00. The normalized spacial score (nSPS) is 18.8. The van der Waals surface area contributed by atoms with Crippen LogP contribution in [0.4, 0.5) is 0 Å². The summed E-state index contributed by atoms with van der Waals surface area (Å²) >= 11 is 0. The molecule has 1 aliphatic rings. The molecule has 3 rings (SSSR count). The fourth-order valence-electron chi connectivity index (χ4n) is 3.53. The fraction of sp³-hybridized carbons (Fsp3) is 0.444. The highest BCUT2D eigenvalue weighted by Gasteiger charge is 2.37. The van der Waals surface area contributed by atoms with E-state index in [1.165, 1.54) is 43.2 Å². The van der Waals surface area contributed by atoms with Crippen LogP contribution in [0.2, 0.25) is 0 Å². The molecule has 2 aromatic heterocycles. The van der Waals surface area contributed by atoms with Gasteiger partial charge in [-0.1, -0.05) is 43.6 Å². The minimum Gasteiger partial charge on any atom is -0.457 e. The van der Waals surface area contributed by atoms with Crippen LogP contribution < -0.4 is 0 Å². The maximum Gasteiger partial charge on any atom is 0.131 e. The third-order valence-electron chi connectivity index (χ3n) is 4.72. The molecule has 2 heterocycles. The molecule has 1 heteroatoms. The van der Waals surface area contributed by atoms with Crippen molar-refractivity contribution in [1.82, 2.24) is 0 Å². The molecule has 1 nitrogen and oxygen atoms in total. The highest BCUT2D eigenvalue weighted by atomic mass is 16.3. The summed E-state index contributed by atoms with van der Waals surface area (Å²) in [6, 6.07) is 6.42. The lowest BCUT2D eigenvalue weighted by molar-refractivity contribution is 0.292. The summed E-state index contributed by atoms with van der Waals surface area (Å²) in [6.07, 6.45) is 7.51. The summed E-state index contributed by atoms with van der Waals surface area (Å²) in [5.41, 5.74) is 6.04. The van der Waals surface area contributed by atoms with Gasteiger partial charge >= 0.3 is 0 Å². The molecule has 0 amide bonds. The summed E-state index contributed by atoms with van der Waals surface area (Å²) in [4.78, 5) is 0. The molecule has 0 spiro atoms. The van der Waals surface area contributed by atoms with Gasteiger partial charge in [0.25, 0.3) is 0 Å². The molecule has 1 aliphatic carbocycles. The van der Waals surface area contributed by atoms with E-state index >= 15 is 0 Å². The number of rotatable bonds is 4. The van der Waals surface area contributed by atoms with Crippen molar-refractivity contribution in [2.24, 2.45) is 0 Å². The molecule has 2 bridgehead atoms. The van der Waals surface area contributed by atoms with Crippen molar-refractivity contribution in [2.75, 3.05) is 0 Å². The highest BCUT2D eigenvalue weighted by Crippen LogP contribution is 2.47. The van der Waals surface area contributed by atoms with Gasteiger partial charge < -0.3 is 4.42 Å². The van der Waals surface area contributed by atoms with Crippen molar-refractivity contribution >= 4 is 11.2 Å². The third kappa shape index (κ3) is 2.11. The second-order valence-electron chi connectivity index (χ2n) is 6.16. The van der Waals surface area contributed by atoms with Gasteiger partial charge in [0.2, 0.25) is 0 Å². The second-order valence-corrected chi connectivity index (χ2v) is 6.16. The molecule has 1 fully saturated rings. The van der Waals surface area contributed by atoms with Crippen LogP contribution in [0.25, 0.3) is 11.2 Å². The largest absolute Gasteiger partial charge is 0.457 e. The average molecular weight is 254 g/mol. The van der Waals surface area contributed by atoms with Gasteiger partial charge in [0.15, 0.2) is 0 Å². The molecule has 100 valence electrons. The monoisotopic (exact) mass is 254 g/mol. The van der Waals surface area contributed by atoms with E-state index in [4.69, 9.17) is 4.42 Å². The summed E-state index contributed by atoms with van der Waals surface area (Å²) in [6.45, 7) is 10.3. The predicted octanol–water partition coefficient (Wildman–Crippen LogP) is 5.59. The third-order valence-corrected chi connectivity index (χ3v) is 4.72. The van der Waals surface area contributed by atoms with Crippen LogP contribution in [0.15, 0.2) is 46.9 Å². The Hall–Kier alpha value is -1.50. The van der Waals surface area contributed by atoms with E-state index in [9.17, 15) is 0 Å². The lowest BCUT2D eigenvalue weighted by Gasteiger charge is -2.38. The lowest BCUT2D eigenvalue weighted by atomic mass is 9.66. The minimum atomic E-state index is 0.232. The van der Waals surface area contributed by atoms with E-state index in [1.54, 1.807) is 0 Å². The van der Waals surface area contributed by atoms with Crippen molar-refractivity contribution < 1.29 is 4.42 Å². The molecule has 1 saturated carbocycles. The Morgan fingerprint density at radius 2 is 1.95 bits per heavy atom. The Bertz CT molecular complexity index is 596. The molecule has 0 N–H and O–H groups in total. The van der Waals surface area contributed by atoms with E-state index in [1.807, 2.05) is 0 Å². The number of fused-ring (bicyclic) bond motifs is 2. The Morgan fingerprint density at radius 1 is 1.21 bits per heavy atom. The lowest BCUT2D eigenvalue weighted by Crippen LogP contribution is -2.29. The van der Waals surface area contributed by atoms with Gasteiger partial charge in [0.05, 0.1) is 0 Å².